The van der Waals surface area contributed by atoms with E-state index in [1.807, 2.05) is 0 Å². The molecule has 1 saturated heterocycles. The number of carbonyl (C=O) groups excluding carboxylic acids is 1. The Morgan fingerprint density at radius 1 is 1.45 bits per heavy atom. The van der Waals surface area contributed by atoms with Crippen molar-refractivity contribution in [3.05, 3.63) is 0 Å². The molecule has 2 rings (SSSR count). The van der Waals surface area contributed by atoms with Gasteiger partial charge in [0.15, 0.2) is 5.66 Å². The number of carbonyl (C=O) groups is 2. The lowest BCUT2D eigenvalue weighted by Gasteiger charge is -2.23. The summed E-state index contributed by atoms with van der Waals surface area (Å²) in [5, 5.41) is 17.1. The van der Waals surface area contributed by atoms with Crippen molar-refractivity contribution in [1.82, 2.24) is 4.90 Å². The molecule has 2 unspecified atom stereocenters. The second-order valence-corrected chi connectivity index (χ2v) is 5.45. The van der Waals surface area contributed by atoms with Crippen LogP contribution < -0.4 is 0 Å². The summed E-state index contributed by atoms with van der Waals surface area (Å²) < 4.78 is 0. The fourth-order valence-corrected chi connectivity index (χ4v) is 2.74. The number of aliphatic carboxylic acids is 1. The lowest BCUT2D eigenvalue weighted by atomic mass is 10.0. The van der Waals surface area contributed by atoms with E-state index < -0.39 is 17.6 Å². The van der Waals surface area contributed by atoms with Gasteiger partial charge in [0, 0.05) is 38.3 Å². The number of hydrogen-bond donors (Lipinski definition) is 1. The number of rotatable bonds is 6. The predicted molar refractivity (Wildman–Crippen MR) is 71.8 cm³/mol. The van der Waals surface area contributed by atoms with Gasteiger partial charge in [0.2, 0.25) is 5.91 Å². The first-order chi connectivity index (χ1) is 9.49. The number of nitrogens with zero attached hydrogens (tertiary/aromatic N) is 3. The molecule has 0 radical (unpaired) electrons. The van der Waals surface area contributed by atoms with E-state index in [1.54, 1.807) is 11.8 Å². The van der Waals surface area contributed by atoms with Gasteiger partial charge in [-0.3, -0.25) is 9.59 Å². The maximum Gasteiger partial charge on any atom is 0.308 e. The second kappa shape index (κ2) is 5.61. The highest BCUT2D eigenvalue weighted by atomic mass is 16.4. The minimum Gasteiger partial charge on any atom is -0.481 e. The molecule has 2 atom stereocenters. The summed E-state index contributed by atoms with van der Waals surface area (Å²) in [6, 6.07) is -0.241. The fourth-order valence-electron chi connectivity index (χ4n) is 2.74. The minimum absolute atomic E-state index is 0.0152. The quantitative estimate of drug-likeness (QED) is 0.749. The Morgan fingerprint density at radius 2 is 2.15 bits per heavy atom. The summed E-state index contributed by atoms with van der Waals surface area (Å²) in [5.74, 6) is 1.25. The van der Waals surface area contributed by atoms with Crippen molar-refractivity contribution in [1.29, 1.82) is 0 Å². The van der Waals surface area contributed by atoms with E-state index in [-0.39, 0.29) is 11.9 Å². The van der Waals surface area contributed by atoms with Crippen LogP contribution in [0.2, 0.25) is 0 Å². The molecule has 2 aliphatic heterocycles. The second-order valence-electron chi connectivity index (χ2n) is 5.45. The minimum atomic E-state index is -0.828. The Kier molecular flexibility index (Phi) is 4.07. The first kappa shape index (κ1) is 14.5. The average Bonchev–Trinajstić information content (AvgIpc) is 3.08. The van der Waals surface area contributed by atoms with Gasteiger partial charge in [-0.1, -0.05) is 0 Å². The SMILES string of the molecule is C#CCCC1(CCC(=O)N2CCC(C(=O)O)C2C)N=N1. The molecular formula is C14H19N3O3. The molecule has 0 aliphatic carbocycles. The molecule has 1 amide bonds. The number of amides is 1. The summed E-state index contributed by atoms with van der Waals surface area (Å²) in [6.07, 6.45) is 7.93. The molecule has 20 heavy (non-hydrogen) atoms. The molecule has 0 saturated carbocycles. The van der Waals surface area contributed by atoms with Crippen LogP contribution in [-0.4, -0.2) is 40.1 Å². The molecule has 1 N–H and O–H groups in total. The van der Waals surface area contributed by atoms with E-state index in [1.165, 1.54) is 0 Å². The van der Waals surface area contributed by atoms with Crippen LogP contribution in [0.1, 0.15) is 39.0 Å². The largest absolute Gasteiger partial charge is 0.481 e. The molecule has 0 aromatic heterocycles. The van der Waals surface area contributed by atoms with Gasteiger partial charge in [-0.15, -0.1) is 12.3 Å². The molecule has 2 heterocycles. The summed E-state index contributed by atoms with van der Waals surface area (Å²) in [4.78, 5) is 24.9. The highest BCUT2D eigenvalue weighted by Crippen LogP contribution is 2.38. The molecule has 0 bridgehead atoms. The van der Waals surface area contributed by atoms with Crippen LogP contribution in [0.15, 0.2) is 10.2 Å². The van der Waals surface area contributed by atoms with Gasteiger partial charge in [0.25, 0.3) is 0 Å². The average molecular weight is 277 g/mol. The van der Waals surface area contributed by atoms with Crippen molar-refractivity contribution in [2.24, 2.45) is 16.1 Å². The highest BCUT2D eigenvalue weighted by molar-refractivity contribution is 5.79. The van der Waals surface area contributed by atoms with Crippen molar-refractivity contribution in [3.63, 3.8) is 0 Å². The highest BCUT2D eigenvalue weighted by Gasteiger charge is 2.42. The van der Waals surface area contributed by atoms with Crippen molar-refractivity contribution < 1.29 is 14.7 Å². The molecule has 108 valence electrons. The zero-order valence-electron chi connectivity index (χ0n) is 11.6. The zero-order chi connectivity index (χ0) is 14.8. The Balaban J connectivity index is 1.81. The lowest BCUT2D eigenvalue weighted by molar-refractivity contribution is -0.143. The number of likely N-dealkylation sites (tertiary alicyclic amines) is 1. The third kappa shape index (κ3) is 2.98. The van der Waals surface area contributed by atoms with Gasteiger partial charge in [0.1, 0.15) is 0 Å². The first-order valence-electron chi connectivity index (χ1n) is 6.89. The van der Waals surface area contributed by atoms with Crippen LogP contribution in [0.4, 0.5) is 0 Å². The monoisotopic (exact) mass is 277 g/mol. The van der Waals surface area contributed by atoms with Gasteiger partial charge in [-0.05, 0) is 13.3 Å². The van der Waals surface area contributed by atoms with Crippen molar-refractivity contribution in [2.45, 2.75) is 50.7 Å². The molecule has 6 heteroatoms. The Hall–Kier alpha value is -1.90. The van der Waals surface area contributed by atoms with Crippen molar-refractivity contribution >= 4 is 11.9 Å². The molecular weight excluding hydrogens is 258 g/mol. The van der Waals surface area contributed by atoms with Crippen LogP contribution in [0, 0.1) is 18.3 Å². The number of terminal acetylenes is 1. The lowest BCUT2D eigenvalue weighted by Crippen LogP contribution is -2.38. The number of hydrogen-bond acceptors (Lipinski definition) is 4. The summed E-state index contributed by atoms with van der Waals surface area (Å²) in [5.41, 5.74) is -0.447. The van der Waals surface area contributed by atoms with Crippen molar-refractivity contribution in [3.8, 4) is 12.3 Å². The van der Waals surface area contributed by atoms with Crippen LogP contribution >= 0.6 is 0 Å². The van der Waals surface area contributed by atoms with Crippen LogP contribution in [0.25, 0.3) is 0 Å². The molecule has 1 fully saturated rings. The van der Waals surface area contributed by atoms with Gasteiger partial charge >= 0.3 is 5.97 Å². The normalized spacial score (nSPS) is 26.3. The maximum atomic E-state index is 12.2. The van der Waals surface area contributed by atoms with Gasteiger partial charge < -0.3 is 10.0 Å². The Bertz CT molecular complexity index is 475. The van der Waals surface area contributed by atoms with E-state index in [4.69, 9.17) is 11.5 Å². The van der Waals surface area contributed by atoms with Crippen LogP contribution in [-0.2, 0) is 9.59 Å². The predicted octanol–water partition coefficient (Wildman–Crippen LogP) is 1.66. The number of carboxylic acid groups (broad SMARTS) is 1. The zero-order valence-corrected chi connectivity index (χ0v) is 11.6. The van der Waals surface area contributed by atoms with Crippen LogP contribution in [0.5, 0.6) is 0 Å². The van der Waals surface area contributed by atoms with Gasteiger partial charge in [-0.25, -0.2) is 0 Å². The molecule has 0 aromatic rings. The van der Waals surface area contributed by atoms with E-state index in [0.29, 0.717) is 38.6 Å². The fraction of sp³-hybridized carbons (Fsp3) is 0.714. The maximum absolute atomic E-state index is 12.2. The molecule has 2 aliphatic rings. The van der Waals surface area contributed by atoms with E-state index in [2.05, 4.69) is 16.1 Å². The van der Waals surface area contributed by atoms with E-state index in [9.17, 15) is 9.59 Å². The third-order valence-electron chi connectivity index (χ3n) is 4.18. The third-order valence-corrected chi connectivity index (χ3v) is 4.18. The summed E-state index contributed by atoms with van der Waals surface area (Å²) in [6.45, 7) is 2.31. The van der Waals surface area contributed by atoms with E-state index >= 15 is 0 Å². The van der Waals surface area contributed by atoms with E-state index in [0.717, 1.165) is 0 Å². The molecule has 0 spiro atoms. The Morgan fingerprint density at radius 3 is 2.65 bits per heavy atom. The van der Waals surface area contributed by atoms with Gasteiger partial charge in [0.05, 0.1) is 5.92 Å². The topological polar surface area (TPSA) is 82.3 Å². The first-order valence-corrected chi connectivity index (χ1v) is 6.89. The van der Waals surface area contributed by atoms with Gasteiger partial charge in [-0.2, -0.15) is 10.2 Å². The summed E-state index contributed by atoms with van der Waals surface area (Å²) >= 11 is 0. The summed E-state index contributed by atoms with van der Waals surface area (Å²) in [7, 11) is 0. The van der Waals surface area contributed by atoms with Crippen molar-refractivity contribution in [2.75, 3.05) is 6.54 Å². The number of carboxylic acids is 1. The smallest absolute Gasteiger partial charge is 0.308 e. The molecule has 6 nitrogen and oxygen atoms in total. The molecule has 0 aromatic carbocycles. The standard InChI is InChI=1S/C14H19N3O3/c1-3-4-7-14(15-16-14)8-5-12(18)17-9-6-11(10(17)2)13(19)20/h1,10-11H,4-9H2,2H3,(H,19,20). The van der Waals surface area contributed by atoms with Crippen LogP contribution in [0.3, 0.4) is 0 Å². The Labute approximate surface area is 118 Å².